The van der Waals surface area contributed by atoms with E-state index in [1.165, 1.54) is 6.26 Å². The summed E-state index contributed by atoms with van der Waals surface area (Å²) in [4.78, 5) is 14.0. The van der Waals surface area contributed by atoms with Gasteiger partial charge in [-0.3, -0.25) is 4.79 Å². The average molecular weight is 353 g/mol. The van der Waals surface area contributed by atoms with Crippen LogP contribution in [0.5, 0.6) is 5.75 Å². The van der Waals surface area contributed by atoms with Crippen LogP contribution in [-0.4, -0.2) is 38.1 Å². The maximum Gasteiger partial charge on any atom is 0.260 e. The third-order valence-electron chi connectivity index (χ3n) is 2.78. The molecule has 1 heterocycles. The van der Waals surface area contributed by atoms with Crippen LogP contribution in [0.1, 0.15) is 10.4 Å². The number of nitrogens with one attached hydrogen (secondary N) is 1. The fourth-order valence-electron chi connectivity index (χ4n) is 1.63. The molecule has 1 aromatic heterocycles. The highest BCUT2D eigenvalue weighted by Crippen LogP contribution is 2.20. The van der Waals surface area contributed by atoms with E-state index in [1.807, 2.05) is 26.2 Å². The number of benzene rings is 1. The second-order valence-electron chi connectivity index (χ2n) is 4.74. The van der Waals surface area contributed by atoms with E-state index < -0.39 is 0 Å². The van der Waals surface area contributed by atoms with Gasteiger partial charge in [0, 0.05) is 12.2 Å². The van der Waals surface area contributed by atoms with Gasteiger partial charge in [0.25, 0.3) is 5.91 Å². The Bertz CT molecular complexity index is 593. The molecular formula is C15H17BrN2O3. The summed E-state index contributed by atoms with van der Waals surface area (Å²) in [5.74, 6) is 0.552. The molecule has 0 bridgehead atoms. The number of carbonyl (C=O) groups excluding carboxylic acids is 1. The standard InChI is InChI=1S/C15H17BrN2O3/c1-18(2)8-10-20-12-5-3-11(4-6-12)17-15(19)13-7-9-21-14(13)16/h3-7,9H,8,10H2,1-2H3,(H,17,19). The summed E-state index contributed by atoms with van der Waals surface area (Å²) >= 11 is 3.18. The molecule has 2 rings (SSSR count). The van der Waals surface area contributed by atoms with E-state index in [-0.39, 0.29) is 5.91 Å². The fourth-order valence-corrected chi connectivity index (χ4v) is 2.05. The van der Waals surface area contributed by atoms with Crippen molar-refractivity contribution < 1.29 is 13.9 Å². The van der Waals surface area contributed by atoms with Crippen LogP contribution in [0.3, 0.4) is 0 Å². The normalized spacial score (nSPS) is 10.7. The Kier molecular flexibility index (Phi) is 5.41. The van der Waals surface area contributed by atoms with E-state index in [0.29, 0.717) is 22.5 Å². The number of anilines is 1. The van der Waals surface area contributed by atoms with Crippen molar-refractivity contribution >= 4 is 27.5 Å². The molecule has 0 aliphatic heterocycles. The molecule has 21 heavy (non-hydrogen) atoms. The lowest BCUT2D eigenvalue weighted by atomic mass is 10.2. The number of amides is 1. The van der Waals surface area contributed by atoms with E-state index in [4.69, 9.17) is 9.15 Å². The first-order valence-corrected chi connectivity index (χ1v) is 7.27. The fraction of sp³-hybridized carbons (Fsp3) is 0.267. The van der Waals surface area contributed by atoms with Crippen molar-refractivity contribution in [2.75, 3.05) is 32.6 Å². The third kappa shape index (κ3) is 4.61. The summed E-state index contributed by atoms with van der Waals surface area (Å²) in [6, 6.07) is 8.87. The first-order chi connectivity index (χ1) is 10.1. The van der Waals surface area contributed by atoms with E-state index in [2.05, 4.69) is 26.1 Å². The smallest absolute Gasteiger partial charge is 0.260 e. The Labute approximate surface area is 132 Å². The predicted octanol–water partition coefficient (Wildman–Crippen LogP) is 3.23. The minimum atomic E-state index is -0.225. The molecule has 2 aromatic rings. The molecule has 112 valence electrons. The molecule has 6 heteroatoms. The van der Waals surface area contributed by atoms with Gasteiger partial charge in [0.05, 0.1) is 11.8 Å². The van der Waals surface area contributed by atoms with Gasteiger partial charge in [0.2, 0.25) is 0 Å². The van der Waals surface area contributed by atoms with Gasteiger partial charge < -0.3 is 19.4 Å². The van der Waals surface area contributed by atoms with Gasteiger partial charge in [-0.05, 0) is 60.4 Å². The van der Waals surface area contributed by atoms with E-state index in [0.717, 1.165) is 12.3 Å². The number of nitrogens with zero attached hydrogens (tertiary/aromatic N) is 1. The van der Waals surface area contributed by atoms with Crippen LogP contribution in [0.15, 0.2) is 45.7 Å². The molecule has 0 unspecified atom stereocenters. The highest BCUT2D eigenvalue weighted by atomic mass is 79.9. The quantitative estimate of drug-likeness (QED) is 0.866. The van der Waals surface area contributed by atoms with Crippen molar-refractivity contribution in [2.45, 2.75) is 0 Å². The summed E-state index contributed by atoms with van der Waals surface area (Å²) in [7, 11) is 3.99. The second kappa shape index (κ2) is 7.28. The second-order valence-corrected chi connectivity index (χ2v) is 5.46. The van der Waals surface area contributed by atoms with Gasteiger partial charge in [0.15, 0.2) is 4.67 Å². The van der Waals surface area contributed by atoms with Crippen LogP contribution in [0.4, 0.5) is 5.69 Å². The lowest BCUT2D eigenvalue weighted by molar-refractivity contribution is 0.102. The van der Waals surface area contributed by atoms with E-state index >= 15 is 0 Å². The number of carbonyl (C=O) groups is 1. The first-order valence-electron chi connectivity index (χ1n) is 6.48. The monoisotopic (exact) mass is 352 g/mol. The maximum absolute atomic E-state index is 12.0. The zero-order chi connectivity index (χ0) is 15.2. The zero-order valence-electron chi connectivity index (χ0n) is 11.9. The number of rotatable bonds is 6. The zero-order valence-corrected chi connectivity index (χ0v) is 13.5. The largest absolute Gasteiger partial charge is 0.492 e. The summed E-state index contributed by atoms with van der Waals surface area (Å²) in [6.45, 7) is 1.48. The molecule has 0 fully saturated rings. The Morgan fingerprint density at radius 2 is 2.00 bits per heavy atom. The Morgan fingerprint density at radius 1 is 1.29 bits per heavy atom. The van der Waals surface area contributed by atoms with Crippen molar-refractivity contribution in [1.29, 1.82) is 0 Å². The number of hydrogen-bond donors (Lipinski definition) is 1. The van der Waals surface area contributed by atoms with Crippen molar-refractivity contribution in [2.24, 2.45) is 0 Å². The average Bonchev–Trinajstić information content (AvgIpc) is 2.87. The lowest BCUT2D eigenvalue weighted by Crippen LogP contribution is -2.19. The van der Waals surface area contributed by atoms with Crippen LogP contribution < -0.4 is 10.1 Å². The van der Waals surface area contributed by atoms with Crippen LogP contribution >= 0.6 is 15.9 Å². The minimum Gasteiger partial charge on any atom is -0.492 e. The Morgan fingerprint density at radius 3 is 2.57 bits per heavy atom. The Balaban J connectivity index is 1.90. The highest BCUT2D eigenvalue weighted by Gasteiger charge is 2.12. The number of halogens is 1. The minimum absolute atomic E-state index is 0.225. The summed E-state index contributed by atoms with van der Waals surface area (Å²) in [6.07, 6.45) is 1.46. The van der Waals surface area contributed by atoms with Crippen molar-refractivity contribution in [3.63, 3.8) is 0 Å². The van der Waals surface area contributed by atoms with Gasteiger partial charge in [-0.15, -0.1) is 0 Å². The maximum atomic E-state index is 12.0. The highest BCUT2D eigenvalue weighted by molar-refractivity contribution is 9.10. The van der Waals surface area contributed by atoms with Crippen LogP contribution in [0.2, 0.25) is 0 Å². The molecule has 1 N–H and O–H groups in total. The van der Waals surface area contributed by atoms with E-state index in [9.17, 15) is 4.79 Å². The first kappa shape index (κ1) is 15.6. The van der Waals surface area contributed by atoms with Crippen molar-refractivity contribution in [3.8, 4) is 5.75 Å². The van der Waals surface area contributed by atoms with Crippen LogP contribution in [0.25, 0.3) is 0 Å². The summed E-state index contributed by atoms with van der Waals surface area (Å²) in [5.41, 5.74) is 1.16. The number of ether oxygens (including phenoxy) is 1. The van der Waals surface area contributed by atoms with E-state index in [1.54, 1.807) is 18.2 Å². The molecule has 0 saturated carbocycles. The summed E-state index contributed by atoms with van der Waals surface area (Å²) in [5, 5.41) is 2.79. The lowest BCUT2D eigenvalue weighted by Gasteiger charge is -2.11. The molecule has 1 amide bonds. The van der Waals surface area contributed by atoms with Crippen LogP contribution in [-0.2, 0) is 0 Å². The van der Waals surface area contributed by atoms with Gasteiger partial charge >= 0.3 is 0 Å². The van der Waals surface area contributed by atoms with Gasteiger partial charge in [-0.1, -0.05) is 0 Å². The number of likely N-dealkylation sites (N-methyl/N-ethyl adjacent to an activating group) is 1. The van der Waals surface area contributed by atoms with Gasteiger partial charge in [-0.2, -0.15) is 0 Å². The van der Waals surface area contributed by atoms with Crippen LogP contribution in [0, 0.1) is 0 Å². The van der Waals surface area contributed by atoms with Gasteiger partial charge in [0.1, 0.15) is 12.4 Å². The summed E-state index contributed by atoms with van der Waals surface area (Å²) < 4.78 is 11.0. The third-order valence-corrected chi connectivity index (χ3v) is 3.40. The molecule has 1 aromatic carbocycles. The van der Waals surface area contributed by atoms with Crippen molar-refractivity contribution in [1.82, 2.24) is 4.90 Å². The molecule has 0 atom stereocenters. The molecular weight excluding hydrogens is 336 g/mol. The molecule has 0 aliphatic carbocycles. The van der Waals surface area contributed by atoms with Gasteiger partial charge in [-0.25, -0.2) is 0 Å². The predicted molar refractivity (Wildman–Crippen MR) is 84.9 cm³/mol. The number of furan rings is 1. The molecule has 0 radical (unpaired) electrons. The molecule has 0 aliphatic rings. The molecule has 0 saturated heterocycles. The SMILES string of the molecule is CN(C)CCOc1ccc(NC(=O)c2ccoc2Br)cc1. The number of hydrogen-bond acceptors (Lipinski definition) is 4. The molecule has 5 nitrogen and oxygen atoms in total. The molecule has 0 spiro atoms. The van der Waals surface area contributed by atoms with Crippen molar-refractivity contribution in [3.05, 3.63) is 46.8 Å². The topological polar surface area (TPSA) is 54.7 Å². The Hall–Kier alpha value is -1.79.